The predicted octanol–water partition coefficient (Wildman–Crippen LogP) is 3.20. The number of aliphatic hydroxyl groups is 1. The highest BCUT2D eigenvalue weighted by Gasteiger charge is 2.08. The third-order valence-electron chi connectivity index (χ3n) is 3.49. The molecule has 0 bridgehead atoms. The number of thiophene rings is 1. The van der Waals surface area contributed by atoms with E-state index in [1.165, 1.54) is 4.88 Å². The molecule has 0 spiro atoms. The molecule has 0 aliphatic rings. The summed E-state index contributed by atoms with van der Waals surface area (Å²) in [6.07, 6.45) is 0.898. The number of hydrogen-bond acceptors (Lipinski definition) is 5. The highest BCUT2D eigenvalue weighted by atomic mass is 32.1. The van der Waals surface area contributed by atoms with Crippen molar-refractivity contribution < 1.29 is 14.6 Å². The number of benzene rings is 1. The summed E-state index contributed by atoms with van der Waals surface area (Å²) in [5, 5.41) is 14.6. The third kappa shape index (κ3) is 4.73. The maximum absolute atomic E-state index is 9.20. The molecule has 1 atom stereocenters. The number of aliphatic hydroxyl groups excluding tert-OH is 1. The van der Waals surface area contributed by atoms with Crippen LogP contribution in [-0.2, 0) is 13.2 Å². The Morgan fingerprint density at radius 3 is 2.77 bits per heavy atom. The van der Waals surface area contributed by atoms with Crippen LogP contribution in [0.2, 0.25) is 0 Å². The van der Waals surface area contributed by atoms with Crippen LogP contribution in [0.3, 0.4) is 0 Å². The van der Waals surface area contributed by atoms with Crippen molar-refractivity contribution in [2.45, 2.75) is 32.5 Å². The Morgan fingerprint density at radius 2 is 2.14 bits per heavy atom. The molecule has 22 heavy (non-hydrogen) atoms. The van der Waals surface area contributed by atoms with Crippen molar-refractivity contribution in [1.29, 1.82) is 0 Å². The molecule has 1 aromatic carbocycles. The van der Waals surface area contributed by atoms with E-state index in [0.717, 1.165) is 23.5 Å². The minimum absolute atomic E-state index is 0.126. The first-order chi connectivity index (χ1) is 10.8. The monoisotopic (exact) mass is 321 g/mol. The summed E-state index contributed by atoms with van der Waals surface area (Å²) in [5.74, 6) is 1.47. The van der Waals surface area contributed by atoms with Gasteiger partial charge in [0.15, 0.2) is 11.5 Å². The largest absolute Gasteiger partial charge is 0.493 e. The Labute approximate surface area is 135 Å². The number of hydrogen-bond donors (Lipinski definition) is 2. The van der Waals surface area contributed by atoms with Gasteiger partial charge in [-0.1, -0.05) is 19.1 Å². The molecule has 120 valence electrons. The molecule has 4 nitrogen and oxygen atoms in total. The Balaban J connectivity index is 1.97. The van der Waals surface area contributed by atoms with Gasteiger partial charge in [0.2, 0.25) is 0 Å². The van der Waals surface area contributed by atoms with Crippen molar-refractivity contribution in [3.63, 3.8) is 0 Å². The summed E-state index contributed by atoms with van der Waals surface area (Å²) >= 11 is 1.68. The van der Waals surface area contributed by atoms with Crippen molar-refractivity contribution in [2.24, 2.45) is 0 Å². The van der Waals surface area contributed by atoms with Crippen molar-refractivity contribution in [2.75, 3.05) is 13.7 Å². The summed E-state index contributed by atoms with van der Waals surface area (Å²) in [7, 11) is 1.65. The van der Waals surface area contributed by atoms with E-state index in [2.05, 4.69) is 18.3 Å². The second-order valence-corrected chi connectivity index (χ2v) is 6.05. The Kier molecular flexibility index (Phi) is 6.71. The molecular weight excluding hydrogens is 298 g/mol. The van der Waals surface area contributed by atoms with Gasteiger partial charge in [-0.2, -0.15) is 0 Å². The summed E-state index contributed by atoms with van der Waals surface area (Å²) in [4.78, 5) is 1.18. The maximum atomic E-state index is 9.20. The molecule has 2 N–H and O–H groups in total. The number of nitrogens with one attached hydrogen (secondary N) is 1. The second kappa shape index (κ2) is 8.78. The van der Waals surface area contributed by atoms with Gasteiger partial charge in [-0.05, 0) is 35.6 Å². The molecule has 1 heterocycles. The Hall–Kier alpha value is -1.56. The van der Waals surface area contributed by atoms with Gasteiger partial charge in [0.1, 0.15) is 6.61 Å². The van der Waals surface area contributed by atoms with Gasteiger partial charge < -0.3 is 19.9 Å². The predicted molar refractivity (Wildman–Crippen MR) is 89.6 cm³/mol. The topological polar surface area (TPSA) is 50.7 Å². The fourth-order valence-electron chi connectivity index (χ4n) is 2.08. The van der Waals surface area contributed by atoms with Gasteiger partial charge in [-0.25, -0.2) is 0 Å². The Morgan fingerprint density at radius 1 is 1.27 bits per heavy atom. The molecule has 1 aromatic heterocycles. The summed E-state index contributed by atoms with van der Waals surface area (Å²) in [6, 6.07) is 10.1. The van der Waals surface area contributed by atoms with Crippen LogP contribution in [0.1, 0.15) is 23.8 Å². The van der Waals surface area contributed by atoms with E-state index in [0.29, 0.717) is 13.2 Å². The van der Waals surface area contributed by atoms with Gasteiger partial charge in [0.05, 0.1) is 13.7 Å². The molecule has 0 aliphatic carbocycles. The average molecular weight is 321 g/mol. The van der Waals surface area contributed by atoms with Crippen molar-refractivity contribution in [3.8, 4) is 11.5 Å². The average Bonchev–Trinajstić information content (AvgIpc) is 3.07. The van der Waals surface area contributed by atoms with Crippen LogP contribution in [0.5, 0.6) is 11.5 Å². The van der Waals surface area contributed by atoms with E-state index in [-0.39, 0.29) is 12.6 Å². The second-order valence-electron chi connectivity index (χ2n) is 5.02. The standard InChI is InChI=1S/C17H23NO3S/c1-3-14(11-19)18-10-13-6-7-16(17(9-13)20-2)21-12-15-5-4-8-22-15/h4-9,14,18-19H,3,10-12H2,1-2H3/t14-/m1/s1. The molecule has 0 fully saturated rings. The molecule has 0 amide bonds. The zero-order valence-electron chi connectivity index (χ0n) is 13.0. The highest BCUT2D eigenvalue weighted by molar-refractivity contribution is 7.09. The lowest BCUT2D eigenvalue weighted by atomic mass is 10.1. The lowest BCUT2D eigenvalue weighted by Crippen LogP contribution is -2.31. The summed E-state index contributed by atoms with van der Waals surface area (Å²) in [6.45, 7) is 3.44. The van der Waals surface area contributed by atoms with Crippen molar-refractivity contribution in [1.82, 2.24) is 5.32 Å². The third-order valence-corrected chi connectivity index (χ3v) is 4.34. The van der Waals surface area contributed by atoms with E-state index in [9.17, 15) is 5.11 Å². The fourth-order valence-corrected chi connectivity index (χ4v) is 2.70. The van der Waals surface area contributed by atoms with Crippen LogP contribution in [0.25, 0.3) is 0 Å². The Bertz CT molecular complexity index is 553. The van der Waals surface area contributed by atoms with Crippen LogP contribution >= 0.6 is 11.3 Å². The molecule has 0 saturated heterocycles. The quantitative estimate of drug-likeness (QED) is 0.745. The van der Waals surface area contributed by atoms with Gasteiger partial charge in [0.25, 0.3) is 0 Å². The lowest BCUT2D eigenvalue weighted by molar-refractivity contribution is 0.238. The first kappa shape index (κ1) is 16.8. The van der Waals surface area contributed by atoms with Crippen molar-refractivity contribution in [3.05, 3.63) is 46.2 Å². The minimum atomic E-state index is 0.126. The highest BCUT2D eigenvalue weighted by Crippen LogP contribution is 2.29. The fraction of sp³-hybridized carbons (Fsp3) is 0.412. The SMILES string of the molecule is CC[C@H](CO)NCc1ccc(OCc2cccs2)c(OC)c1. The normalized spacial score (nSPS) is 12.1. The number of ether oxygens (including phenoxy) is 2. The summed E-state index contributed by atoms with van der Waals surface area (Å²) < 4.78 is 11.2. The zero-order chi connectivity index (χ0) is 15.8. The van der Waals surface area contributed by atoms with Gasteiger partial charge in [0, 0.05) is 17.5 Å². The van der Waals surface area contributed by atoms with Crippen LogP contribution in [0, 0.1) is 0 Å². The lowest BCUT2D eigenvalue weighted by Gasteiger charge is -2.15. The first-order valence-corrected chi connectivity index (χ1v) is 8.31. The molecule has 0 aliphatic heterocycles. The van der Waals surface area contributed by atoms with Gasteiger partial charge in [-0.3, -0.25) is 0 Å². The molecule has 0 saturated carbocycles. The first-order valence-electron chi connectivity index (χ1n) is 7.43. The number of rotatable bonds is 9. The molecule has 2 rings (SSSR count). The van der Waals surface area contributed by atoms with Crippen LogP contribution in [-0.4, -0.2) is 24.9 Å². The van der Waals surface area contributed by atoms with E-state index >= 15 is 0 Å². The van der Waals surface area contributed by atoms with E-state index in [1.807, 2.05) is 29.6 Å². The van der Waals surface area contributed by atoms with E-state index < -0.39 is 0 Å². The molecular formula is C17H23NO3S. The van der Waals surface area contributed by atoms with Gasteiger partial charge in [-0.15, -0.1) is 11.3 Å². The summed E-state index contributed by atoms with van der Waals surface area (Å²) in [5.41, 5.74) is 1.10. The zero-order valence-corrected chi connectivity index (χ0v) is 13.9. The van der Waals surface area contributed by atoms with Crippen LogP contribution in [0.15, 0.2) is 35.7 Å². The van der Waals surface area contributed by atoms with Gasteiger partial charge >= 0.3 is 0 Å². The molecule has 5 heteroatoms. The number of methoxy groups -OCH3 is 1. The van der Waals surface area contributed by atoms with Crippen LogP contribution in [0.4, 0.5) is 0 Å². The maximum Gasteiger partial charge on any atom is 0.161 e. The molecule has 0 radical (unpaired) electrons. The molecule has 0 unspecified atom stereocenters. The molecule has 2 aromatic rings. The van der Waals surface area contributed by atoms with Crippen LogP contribution < -0.4 is 14.8 Å². The van der Waals surface area contributed by atoms with E-state index in [1.54, 1.807) is 18.4 Å². The minimum Gasteiger partial charge on any atom is -0.493 e. The van der Waals surface area contributed by atoms with Crippen molar-refractivity contribution >= 4 is 11.3 Å². The van der Waals surface area contributed by atoms with E-state index in [4.69, 9.17) is 9.47 Å². The smallest absolute Gasteiger partial charge is 0.161 e.